The molecule has 0 saturated carbocycles. The standard InChI is InChI=1S/C15H16BrN3O3.ClH/c1-9-7-18(5-4-17-9)13(20)8-19-14(21)11-3-2-10(16)6-12(11)15(19)22;/h2-3,6,9,17H,4-5,7-8H2,1H3;1H. The fourth-order valence-corrected chi connectivity index (χ4v) is 3.16. The molecule has 0 aliphatic carbocycles. The average Bonchev–Trinajstić information content (AvgIpc) is 2.72. The number of piperazine rings is 1. The molecule has 23 heavy (non-hydrogen) atoms. The van der Waals surface area contributed by atoms with Crippen LogP contribution in [0.2, 0.25) is 0 Å². The van der Waals surface area contributed by atoms with Gasteiger partial charge in [-0.25, -0.2) is 0 Å². The number of nitrogens with zero attached hydrogens (tertiary/aromatic N) is 2. The molecule has 3 rings (SSSR count). The summed E-state index contributed by atoms with van der Waals surface area (Å²) in [7, 11) is 0. The van der Waals surface area contributed by atoms with Crippen LogP contribution in [0.4, 0.5) is 0 Å². The molecule has 1 fully saturated rings. The van der Waals surface area contributed by atoms with Gasteiger partial charge in [0.05, 0.1) is 11.1 Å². The Morgan fingerprint density at radius 3 is 2.70 bits per heavy atom. The van der Waals surface area contributed by atoms with Crippen molar-refractivity contribution in [3.63, 3.8) is 0 Å². The zero-order valence-corrected chi connectivity index (χ0v) is 14.9. The lowest BCUT2D eigenvalue weighted by atomic mass is 10.1. The molecule has 2 aliphatic rings. The summed E-state index contributed by atoms with van der Waals surface area (Å²) in [6.07, 6.45) is 0. The third kappa shape index (κ3) is 3.41. The van der Waals surface area contributed by atoms with Crippen LogP contribution in [0.3, 0.4) is 0 Å². The molecule has 6 nitrogen and oxygen atoms in total. The maximum Gasteiger partial charge on any atom is 0.262 e. The van der Waals surface area contributed by atoms with E-state index in [9.17, 15) is 14.4 Å². The fourth-order valence-electron chi connectivity index (χ4n) is 2.80. The number of fused-ring (bicyclic) bond motifs is 1. The molecule has 1 aromatic carbocycles. The molecule has 1 atom stereocenters. The van der Waals surface area contributed by atoms with Gasteiger partial charge in [-0.15, -0.1) is 12.4 Å². The monoisotopic (exact) mass is 401 g/mol. The van der Waals surface area contributed by atoms with Crippen molar-refractivity contribution < 1.29 is 14.4 Å². The lowest BCUT2D eigenvalue weighted by Crippen LogP contribution is -2.53. The number of carbonyl (C=O) groups excluding carboxylic acids is 3. The highest BCUT2D eigenvalue weighted by Gasteiger charge is 2.37. The number of halogens is 2. The van der Waals surface area contributed by atoms with Crippen molar-refractivity contribution in [2.45, 2.75) is 13.0 Å². The number of benzene rings is 1. The number of hydrogen-bond acceptors (Lipinski definition) is 4. The summed E-state index contributed by atoms with van der Waals surface area (Å²) in [5, 5.41) is 3.25. The number of imide groups is 1. The maximum atomic E-state index is 12.4. The van der Waals surface area contributed by atoms with E-state index in [1.54, 1.807) is 23.1 Å². The van der Waals surface area contributed by atoms with Crippen LogP contribution in [-0.2, 0) is 4.79 Å². The van der Waals surface area contributed by atoms with Crippen LogP contribution in [0, 0.1) is 0 Å². The predicted molar refractivity (Wildman–Crippen MR) is 90.8 cm³/mol. The van der Waals surface area contributed by atoms with Crippen molar-refractivity contribution in [2.24, 2.45) is 0 Å². The molecule has 0 bridgehead atoms. The molecule has 0 radical (unpaired) electrons. The molecule has 1 N–H and O–H groups in total. The number of amides is 3. The molecule has 2 heterocycles. The maximum absolute atomic E-state index is 12.4. The van der Waals surface area contributed by atoms with E-state index in [1.807, 2.05) is 6.92 Å². The summed E-state index contributed by atoms with van der Waals surface area (Å²) < 4.78 is 0.733. The van der Waals surface area contributed by atoms with Gasteiger partial charge in [0.1, 0.15) is 6.54 Å². The number of nitrogens with one attached hydrogen (secondary N) is 1. The van der Waals surface area contributed by atoms with Gasteiger partial charge in [0.15, 0.2) is 0 Å². The molecule has 2 aliphatic heterocycles. The van der Waals surface area contributed by atoms with E-state index in [0.29, 0.717) is 24.2 Å². The zero-order chi connectivity index (χ0) is 15.9. The Labute approximate surface area is 148 Å². The van der Waals surface area contributed by atoms with Gasteiger partial charge in [-0.1, -0.05) is 15.9 Å². The quantitative estimate of drug-likeness (QED) is 0.757. The Morgan fingerprint density at radius 2 is 2.00 bits per heavy atom. The van der Waals surface area contributed by atoms with E-state index in [0.717, 1.165) is 15.9 Å². The topological polar surface area (TPSA) is 69.7 Å². The van der Waals surface area contributed by atoms with Crippen molar-refractivity contribution in [1.82, 2.24) is 15.1 Å². The van der Waals surface area contributed by atoms with E-state index >= 15 is 0 Å². The highest BCUT2D eigenvalue weighted by Crippen LogP contribution is 2.26. The molecule has 8 heteroatoms. The van der Waals surface area contributed by atoms with E-state index in [4.69, 9.17) is 0 Å². The molecule has 1 aromatic rings. The van der Waals surface area contributed by atoms with Crippen LogP contribution in [-0.4, -0.2) is 59.7 Å². The number of rotatable bonds is 2. The first-order chi connectivity index (χ1) is 10.5. The molecule has 1 unspecified atom stereocenters. The van der Waals surface area contributed by atoms with Gasteiger partial charge in [0.2, 0.25) is 5.91 Å². The Kier molecular flexibility index (Phi) is 5.44. The highest BCUT2D eigenvalue weighted by atomic mass is 79.9. The molecule has 1 saturated heterocycles. The second kappa shape index (κ2) is 6.98. The molecule has 124 valence electrons. The first kappa shape index (κ1) is 17.9. The molecule has 0 spiro atoms. The van der Waals surface area contributed by atoms with Gasteiger partial charge in [-0.05, 0) is 25.1 Å². The van der Waals surface area contributed by atoms with Gasteiger partial charge < -0.3 is 10.2 Å². The van der Waals surface area contributed by atoms with E-state index in [-0.39, 0.29) is 30.9 Å². The minimum absolute atomic E-state index is 0. The van der Waals surface area contributed by atoms with Crippen LogP contribution in [0.1, 0.15) is 27.6 Å². The van der Waals surface area contributed by atoms with Crippen LogP contribution < -0.4 is 5.32 Å². The lowest BCUT2D eigenvalue weighted by molar-refractivity contribution is -0.132. The zero-order valence-electron chi connectivity index (χ0n) is 12.5. The van der Waals surface area contributed by atoms with Crippen molar-refractivity contribution >= 4 is 46.1 Å². The second-order valence-electron chi connectivity index (χ2n) is 5.58. The molecular formula is C15H17BrClN3O3. The van der Waals surface area contributed by atoms with E-state index in [1.165, 1.54) is 0 Å². The van der Waals surface area contributed by atoms with Gasteiger partial charge in [-0.3, -0.25) is 19.3 Å². The van der Waals surface area contributed by atoms with Crippen molar-refractivity contribution in [1.29, 1.82) is 0 Å². The van der Waals surface area contributed by atoms with Crippen LogP contribution >= 0.6 is 28.3 Å². The van der Waals surface area contributed by atoms with Crippen molar-refractivity contribution in [3.05, 3.63) is 33.8 Å². The van der Waals surface area contributed by atoms with Crippen molar-refractivity contribution in [3.8, 4) is 0 Å². The van der Waals surface area contributed by atoms with Gasteiger partial charge >= 0.3 is 0 Å². The van der Waals surface area contributed by atoms with Crippen LogP contribution in [0.5, 0.6) is 0 Å². The summed E-state index contributed by atoms with van der Waals surface area (Å²) in [6.45, 7) is 3.71. The highest BCUT2D eigenvalue weighted by molar-refractivity contribution is 9.10. The smallest absolute Gasteiger partial charge is 0.262 e. The predicted octanol–water partition coefficient (Wildman–Crippen LogP) is 1.29. The molecular weight excluding hydrogens is 386 g/mol. The normalized spacial score (nSPS) is 20.3. The van der Waals surface area contributed by atoms with Crippen molar-refractivity contribution in [2.75, 3.05) is 26.2 Å². The molecule has 0 aromatic heterocycles. The average molecular weight is 403 g/mol. The first-order valence-corrected chi connectivity index (χ1v) is 7.93. The summed E-state index contributed by atoms with van der Waals surface area (Å²) >= 11 is 3.29. The fraction of sp³-hybridized carbons (Fsp3) is 0.400. The van der Waals surface area contributed by atoms with Gasteiger partial charge in [0.25, 0.3) is 11.8 Å². The number of carbonyl (C=O) groups is 3. The van der Waals surface area contributed by atoms with Crippen LogP contribution in [0.25, 0.3) is 0 Å². The third-order valence-electron chi connectivity index (χ3n) is 3.95. The summed E-state index contributed by atoms with van der Waals surface area (Å²) in [5.41, 5.74) is 0.704. The lowest BCUT2D eigenvalue weighted by Gasteiger charge is -2.32. The second-order valence-corrected chi connectivity index (χ2v) is 6.50. The Hall–Kier alpha value is -1.44. The Balaban J connectivity index is 0.00000192. The SMILES string of the molecule is CC1CN(C(=O)CN2C(=O)c3ccc(Br)cc3C2=O)CCN1.Cl. The summed E-state index contributed by atoms with van der Waals surface area (Å²) in [5.74, 6) is -0.996. The largest absolute Gasteiger partial charge is 0.338 e. The minimum atomic E-state index is -0.405. The Bertz CT molecular complexity index is 667. The third-order valence-corrected chi connectivity index (χ3v) is 4.44. The van der Waals surface area contributed by atoms with Gasteiger partial charge in [-0.2, -0.15) is 0 Å². The van der Waals surface area contributed by atoms with Gasteiger partial charge in [0, 0.05) is 30.1 Å². The number of hydrogen-bond donors (Lipinski definition) is 1. The van der Waals surface area contributed by atoms with E-state index in [2.05, 4.69) is 21.2 Å². The van der Waals surface area contributed by atoms with Crippen LogP contribution in [0.15, 0.2) is 22.7 Å². The molecule has 3 amide bonds. The Morgan fingerprint density at radius 1 is 1.30 bits per heavy atom. The summed E-state index contributed by atoms with van der Waals surface area (Å²) in [4.78, 5) is 39.7. The first-order valence-electron chi connectivity index (χ1n) is 7.14. The summed E-state index contributed by atoms with van der Waals surface area (Å²) in [6, 6.07) is 5.16. The van der Waals surface area contributed by atoms with E-state index < -0.39 is 11.8 Å². The minimum Gasteiger partial charge on any atom is -0.338 e.